The lowest BCUT2D eigenvalue weighted by molar-refractivity contribution is -0.140. The van der Waals surface area contributed by atoms with E-state index in [1.807, 2.05) is 0 Å². The van der Waals surface area contributed by atoms with Gasteiger partial charge in [0.15, 0.2) is 5.96 Å². The van der Waals surface area contributed by atoms with E-state index in [0.29, 0.717) is 17.5 Å². The molecule has 5 amide bonds. The Labute approximate surface area is 309 Å². The maximum absolute atomic E-state index is 13.9. The number of hydrogen-bond donors (Lipinski definition) is 11. The number of amides is 5. The van der Waals surface area contributed by atoms with Crippen LogP contribution in [0.4, 0.5) is 0 Å². The third-order valence-corrected chi connectivity index (χ3v) is 7.74. The van der Waals surface area contributed by atoms with Crippen LogP contribution in [0.15, 0.2) is 47.8 Å². The molecule has 0 unspecified atom stereocenters. The Bertz CT molecular complexity index is 1620. The molecule has 0 fully saturated rings. The number of aldehydes is 1. The fourth-order valence-electron chi connectivity index (χ4n) is 4.93. The number of imidazole rings is 1. The van der Waals surface area contributed by atoms with Crippen molar-refractivity contribution in [1.82, 2.24) is 36.6 Å². The minimum atomic E-state index is -1.53. The van der Waals surface area contributed by atoms with Crippen molar-refractivity contribution in [1.29, 1.82) is 0 Å². The molecule has 2 aromatic rings. The summed E-state index contributed by atoms with van der Waals surface area (Å²) >= 11 is 0. The predicted octanol–water partition coefficient (Wildman–Crippen LogP) is -3.44. The Hall–Kier alpha value is -6.38. The van der Waals surface area contributed by atoms with E-state index in [-0.39, 0.29) is 38.2 Å². The number of hydrogen-bond acceptors (Lipinski definition) is 11. The smallest absolute Gasteiger partial charge is 0.305 e. The first-order chi connectivity index (χ1) is 25.6. The minimum absolute atomic E-state index is 0.00696. The number of aliphatic imine (C=N–C) groups is 1. The molecule has 21 heteroatoms. The molecule has 6 atom stereocenters. The molecule has 0 aliphatic rings. The van der Waals surface area contributed by atoms with Crippen LogP contribution in [0.25, 0.3) is 0 Å². The number of guanidine groups is 1. The number of benzene rings is 1. The Kier molecular flexibility index (Phi) is 18.3. The number of nitrogens with one attached hydrogen (secondary N) is 6. The summed E-state index contributed by atoms with van der Waals surface area (Å²) in [6, 6.07) is 0.529. The van der Waals surface area contributed by atoms with Gasteiger partial charge in [-0.1, -0.05) is 30.3 Å². The molecule has 1 heterocycles. The Balaban J connectivity index is 2.32. The van der Waals surface area contributed by atoms with E-state index < -0.39 is 97.0 Å². The lowest BCUT2D eigenvalue weighted by atomic mass is 10.0. The molecule has 54 heavy (non-hydrogen) atoms. The van der Waals surface area contributed by atoms with Crippen molar-refractivity contribution in [3.63, 3.8) is 0 Å². The van der Waals surface area contributed by atoms with Crippen molar-refractivity contribution >= 4 is 53.7 Å². The SMILES string of the molecule is C[C@H](NC(=O)[C@@H](N)CC(=O)O)C(=O)N[C@@H](CCC(=O)O)C(=O)N[C@@H](Cc1ccccc1)C(=O)N[C@@H](CCCN=C(N)N)C(=O)N[C@H](C=O)Cc1cnc[nH]1. The molecule has 2 rings (SSSR count). The number of rotatable bonds is 24. The van der Waals surface area contributed by atoms with Gasteiger partial charge in [0.05, 0.1) is 24.8 Å². The number of carboxylic acids is 2. The van der Waals surface area contributed by atoms with E-state index in [2.05, 4.69) is 41.5 Å². The van der Waals surface area contributed by atoms with Crippen molar-refractivity contribution in [3.8, 4) is 0 Å². The highest BCUT2D eigenvalue weighted by Crippen LogP contribution is 2.09. The lowest BCUT2D eigenvalue weighted by Crippen LogP contribution is -2.59. The monoisotopic (exact) mass is 757 g/mol. The average molecular weight is 758 g/mol. The number of carbonyl (C=O) groups excluding carboxylic acids is 6. The minimum Gasteiger partial charge on any atom is -0.481 e. The highest BCUT2D eigenvalue weighted by Gasteiger charge is 2.32. The fraction of sp³-hybridized carbons (Fsp3) is 0.455. The van der Waals surface area contributed by atoms with Gasteiger partial charge in [-0.05, 0) is 31.7 Å². The zero-order valence-corrected chi connectivity index (χ0v) is 29.5. The van der Waals surface area contributed by atoms with Crippen LogP contribution in [0.3, 0.4) is 0 Å². The third-order valence-electron chi connectivity index (χ3n) is 7.74. The van der Waals surface area contributed by atoms with E-state index in [1.54, 1.807) is 30.3 Å². The summed E-state index contributed by atoms with van der Waals surface area (Å²) < 4.78 is 0. The van der Waals surface area contributed by atoms with Crippen molar-refractivity contribution in [2.45, 2.75) is 88.1 Å². The highest BCUT2D eigenvalue weighted by atomic mass is 16.4. The summed E-state index contributed by atoms with van der Waals surface area (Å²) in [4.78, 5) is 111. The number of nitrogens with two attached hydrogens (primary N) is 3. The molecule has 294 valence electrons. The Morgan fingerprint density at radius 2 is 1.43 bits per heavy atom. The number of nitrogens with zero attached hydrogens (tertiary/aromatic N) is 2. The summed E-state index contributed by atoms with van der Waals surface area (Å²) in [7, 11) is 0. The van der Waals surface area contributed by atoms with Gasteiger partial charge < -0.3 is 63.8 Å². The van der Waals surface area contributed by atoms with Crippen LogP contribution < -0.4 is 43.8 Å². The molecular formula is C33H47N11O10. The second kappa shape index (κ2) is 22.5. The fourth-order valence-corrected chi connectivity index (χ4v) is 4.93. The average Bonchev–Trinajstić information content (AvgIpc) is 3.63. The van der Waals surface area contributed by atoms with Crippen molar-refractivity contribution in [3.05, 3.63) is 54.1 Å². The zero-order valence-electron chi connectivity index (χ0n) is 29.5. The van der Waals surface area contributed by atoms with Gasteiger partial charge >= 0.3 is 11.9 Å². The van der Waals surface area contributed by atoms with Crippen LogP contribution >= 0.6 is 0 Å². The normalized spacial score (nSPS) is 14.0. The topological polar surface area (TPSA) is 356 Å². The van der Waals surface area contributed by atoms with Crippen molar-refractivity contribution in [2.75, 3.05) is 6.54 Å². The van der Waals surface area contributed by atoms with E-state index in [1.165, 1.54) is 19.4 Å². The number of aromatic amines is 1. The second-order valence-corrected chi connectivity index (χ2v) is 12.2. The van der Waals surface area contributed by atoms with Gasteiger partial charge in [-0.2, -0.15) is 0 Å². The second-order valence-electron chi connectivity index (χ2n) is 12.2. The van der Waals surface area contributed by atoms with Gasteiger partial charge in [-0.25, -0.2) is 4.98 Å². The molecule has 1 aromatic carbocycles. The molecule has 0 bridgehead atoms. The van der Waals surface area contributed by atoms with E-state index in [0.717, 1.165) is 0 Å². The van der Waals surface area contributed by atoms with Gasteiger partial charge in [-0.3, -0.25) is 38.6 Å². The van der Waals surface area contributed by atoms with Crippen LogP contribution in [-0.4, -0.2) is 117 Å². The van der Waals surface area contributed by atoms with Crippen LogP contribution in [0, 0.1) is 0 Å². The van der Waals surface area contributed by atoms with Gasteiger partial charge in [0.1, 0.15) is 30.5 Å². The van der Waals surface area contributed by atoms with Crippen LogP contribution in [-0.2, 0) is 51.2 Å². The predicted molar refractivity (Wildman–Crippen MR) is 191 cm³/mol. The first kappa shape index (κ1) is 43.8. The maximum Gasteiger partial charge on any atom is 0.305 e. The Morgan fingerprint density at radius 1 is 0.815 bits per heavy atom. The molecule has 0 saturated heterocycles. The molecule has 14 N–H and O–H groups in total. The molecule has 0 saturated carbocycles. The molecule has 0 aliphatic carbocycles. The maximum atomic E-state index is 13.9. The first-order valence-corrected chi connectivity index (χ1v) is 16.8. The Morgan fingerprint density at radius 3 is 2.02 bits per heavy atom. The number of carbonyl (C=O) groups is 8. The summed E-state index contributed by atoms with van der Waals surface area (Å²) in [6.45, 7) is 1.34. The van der Waals surface area contributed by atoms with Crippen LogP contribution in [0.5, 0.6) is 0 Å². The van der Waals surface area contributed by atoms with Crippen LogP contribution in [0.2, 0.25) is 0 Å². The van der Waals surface area contributed by atoms with Gasteiger partial charge in [0.25, 0.3) is 0 Å². The summed E-state index contributed by atoms with van der Waals surface area (Å²) in [6.07, 6.45) is 1.90. The van der Waals surface area contributed by atoms with Gasteiger partial charge in [0.2, 0.25) is 29.5 Å². The molecule has 1 aromatic heterocycles. The van der Waals surface area contributed by atoms with E-state index >= 15 is 0 Å². The standard InChI is InChI=1S/C33H47N11O10/c1-18(40-29(51)22(34)14-27(48)49)28(50)42-24(9-10-26(46)47)31(53)44-25(12-19-6-3-2-4-7-19)32(54)43-23(8-5-11-38-33(35)36)30(52)41-21(16-45)13-20-15-37-17-39-20/h2-4,6-7,15-18,21-25H,5,8-14,34H2,1H3,(H,37,39)(H,40,51)(H,41,52)(H,42,50)(H,43,54)(H,44,53)(H,46,47)(H,48,49)(H4,35,36,38)/t18-,21-,22-,23-,24-,25-/m0/s1. The summed E-state index contributed by atoms with van der Waals surface area (Å²) in [5.41, 5.74) is 17.5. The largest absolute Gasteiger partial charge is 0.481 e. The molecule has 0 spiro atoms. The van der Waals surface area contributed by atoms with Crippen molar-refractivity contribution < 1.29 is 48.6 Å². The third kappa shape index (κ3) is 16.3. The van der Waals surface area contributed by atoms with E-state index in [9.17, 15) is 43.5 Å². The molecule has 21 nitrogen and oxygen atoms in total. The highest BCUT2D eigenvalue weighted by molar-refractivity contribution is 5.96. The molecule has 0 radical (unpaired) electrons. The molecule has 0 aliphatic heterocycles. The van der Waals surface area contributed by atoms with Crippen LogP contribution in [0.1, 0.15) is 50.3 Å². The number of H-pyrrole nitrogens is 1. The number of aliphatic carboxylic acids is 2. The number of carboxylic acid groups (broad SMARTS) is 2. The van der Waals surface area contributed by atoms with Crippen molar-refractivity contribution in [2.24, 2.45) is 22.2 Å². The summed E-state index contributed by atoms with van der Waals surface area (Å²) in [5.74, 6) is -7.23. The lowest BCUT2D eigenvalue weighted by Gasteiger charge is -2.26. The first-order valence-electron chi connectivity index (χ1n) is 16.8. The zero-order chi connectivity index (χ0) is 40.2. The quantitative estimate of drug-likeness (QED) is 0.0215. The summed E-state index contributed by atoms with van der Waals surface area (Å²) in [5, 5.41) is 30.5. The van der Waals surface area contributed by atoms with Gasteiger partial charge in [0, 0.05) is 37.7 Å². The van der Waals surface area contributed by atoms with E-state index in [4.69, 9.17) is 22.3 Å². The van der Waals surface area contributed by atoms with Gasteiger partial charge in [-0.15, -0.1) is 0 Å². The number of aromatic nitrogens is 2. The molecular weight excluding hydrogens is 710 g/mol.